The van der Waals surface area contributed by atoms with Crippen LogP contribution < -0.4 is 5.32 Å². The third kappa shape index (κ3) is 3.76. The van der Waals surface area contributed by atoms with Crippen molar-refractivity contribution < 1.29 is 13.9 Å². The zero-order valence-electron chi connectivity index (χ0n) is 14.5. The molecule has 1 aromatic carbocycles. The van der Waals surface area contributed by atoms with Gasteiger partial charge in [0.25, 0.3) is 5.91 Å². The van der Waals surface area contributed by atoms with Crippen LogP contribution in [-0.2, 0) is 11.3 Å². The molecular formula is C20H22FN3O2. The highest BCUT2D eigenvalue weighted by Crippen LogP contribution is 2.34. The summed E-state index contributed by atoms with van der Waals surface area (Å²) in [4.78, 5) is 18.5. The maximum absolute atomic E-state index is 13.0. The van der Waals surface area contributed by atoms with E-state index < -0.39 is 0 Å². The summed E-state index contributed by atoms with van der Waals surface area (Å²) < 4.78 is 19.0. The van der Waals surface area contributed by atoms with Gasteiger partial charge in [0.1, 0.15) is 5.82 Å². The molecule has 3 heterocycles. The molecule has 2 aliphatic rings. The van der Waals surface area contributed by atoms with E-state index in [4.69, 9.17) is 4.74 Å². The van der Waals surface area contributed by atoms with Gasteiger partial charge in [0.05, 0.1) is 18.3 Å². The summed E-state index contributed by atoms with van der Waals surface area (Å²) in [5.41, 5.74) is 1.68. The average Bonchev–Trinajstić information content (AvgIpc) is 3.23. The average molecular weight is 355 g/mol. The normalized spacial score (nSPS) is 25.2. The van der Waals surface area contributed by atoms with E-state index in [-0.39, 0.29) is 17.8 Å². The molecule has 1 N–H and O–H groups in total. The van der Waals surface area contributed by atoms with Crippen LogP contribution in [0.15, 0.2) is 48.8 Å². The fourth-order valence-corrected chi connectivity index (χ4v) is 3.89. The van der Waals surface area contributed by atoms with Crippen molar-refractivity contribution in [3.05, 3.63) is 65.7 Å². The Kier molecular flexibility index (Phi) is 4.95. The van der Waals surface area contributed by atoms with Gasteiger partial charge in [-0.1, -0.05) is 12.1 Å². The Labute approximate surface area is 152 Å². The lowest BCUT2D eigenvalue weighted by Gasteiger charge is -2.20. The van der Waals surface area contributed by atoms with Gasteiger partial charge in [0.2, 0.25) is 0 Å². The van der Waals surface area contributed by atoms with Gasteiger partial charge in [-0.25, -0.2) is 4.39 Å². The maximum Gasteiger partial charge on any atom is 0.252 e. The standard InChI is InChI=1S/C20H22FN3O2/c21-17-5-3-14(4-6-17)10-24-11-18-16(13-26-19(18)12-24)9-23-20(25)15-2-1-7-22-8-15/h1-8,16,18-19H,9-13H2,(H,23,25)/t16-,18+,19+/m0/s1. The van der Waals surface area contributed by atoms with Crippen LogP contribution in [0, 0.1) is 17.7 Å². The predicted molar refractivity (Wildman–Crippen MR) is 95.0 cm³/mol. The molecule has 1 aromatic heterocycles. The molecule has 6 heteroatoms. The van der Waals surface area contributed by atoms with Gasteiger partial charge in [-0.3, -0.25) is 14.7 Å². The van der Waals surface area contributed by atoms with Crippen LogP contribution in [0.25, 0.3) is 0 Å². The summed E-state index contributed by atoms with van der Waals surface area (Å²) >= 11 is 0. The lowest BCUT2D eigenvalue weighted by molar-refractivity contribution is 0.0903. The van der Waals surface area contributed by atoms with E-state index in [1.165, 1.54) is 12.1 Å². The Morgan fingerprint density at radius 2 is 2.12 bits per heavy atom. The zero-order valence-corrected chi connectivity index (χ0v) is 14.5. The van der Waals surface area contributed by atoms with Gasteiger partial charge in [0, 0.05) is 50.4 Å². The van der Waals surface area contributed by atoms with Crippen molar-refractivity contribution in [1.29, 1.82) is 0 Å². The minimum Gasteiger partial charge on any atom is -0.376 e. The number of nitrogens with zero attached hydrogens (tertiary/aromatic N) is 2. The Balaban J connectivity index is 1.30. The number of pyridine rings is 1. The van der Waals surface area contributed by atoms with Gasteiger partial charge in [-0.05, 0) is 29.8 Å². The summed E-state index contributed by atoms with van der Waals surface area (Å²) in [6, 6.07) is 10.2. The van der Waals surface area contributed by atoms with E-state index in [0.29, 0.717) is 30.6 Å². The number of ether oxygens (including phenoxy) is 1. The summed E-state index contributed by atoms with van der Waals surface area (Å²) in [5, 5.41) is 3.01. The van der Waals surface area contributed by atoms with E-state index in [0.717, 1.165) is 25.2 Å². The molecule has 0 aliphatic carbocycles. The van der Waals surface area contributed by atoms with Crippen molar-refractivity contribution in [2.24, 2.45) is 11.8 Å². The highest BCUT2D eigenvalue weighted by molar-refractivity contribution is 5.93. The number of fused-ring (bicyclic) bond motifs is 1. The quantitative estimate of drug-likeness (QED) is 0.892. The predicted octanol–water partition coefficient (Wildman–Crippen LogP) is 2.10. The Hall–Kier alpha value is -2.31. The van der Waals surface area contributed by atoms with Gasteiger partial charge in [-0.2, -0.15) is 0 Å². The highest BCUT2D eigenvalue weighted by atomic mass is 19.1. The van der Waals surface area contributed by atoms with E-state index in [9.17, 15) is 9.18 Å². The van der Waals surface area contributed by atoms with Gasteiger partial charge in [-0.15, -0.1) is 0 Å². The van der Waals surface area contributed by atoms with Crippen LogP contribution in [0.2, 0.25) is 0 Å². The molecule has 2 aliphatic heterocycles. The minimum absolute atomic E-state index is 0.0947. The third-order valence-electron chi connectivity index (χ3n) is 5.28. The Bertz CT molecular complexity index is 753. The molecule has 0 unspecified atom stereocenters. The number of nitrogens with one attached hydrogen (secondary N) is 1. The fourth-order valence-electron chi connectivity index (χ4n) is 3.89. The van der Waals surface area contributed by atoms with Gasteiger partial charge in [0.15, 0.2) is 0 Å². The molecule has 0 bridgehead atoms. The van der Waals surface area contributed by atoms with E-state index in [1.807, 2.05) is 12.1 Å². The summed E-state index contributed by atoms with van der Waals surface area (Å²) in [6.07, 6.45) is 3.44. The summed E-state index contributed by atoms with van der Waals surface area (Å²) in [7, 11) is 0. The molecule has 26 heavy (non-hydrogen) atoms. The number of rotatable bonds is 5. The zero-order chi connectivity index (χ0) is 17.9. The molecule has 4 rings (SSSR count). The minimum atomic E-state index is -0.209. The molecule has 136 valence electrons. The lowest BCUT2D eigenvalue weighted by Crippen LogP contribution is -2.34. The number of carbonyl (C=O) groups is 1. The Morgan fingerprint density at radius 3 is 2.88 bits per heavy atom. The first-order valence-corrected chi connectivity index (χ1v) is 8.95. The molecule has 0 radical (unpaired) electrons. The van der Waals surface area contributed by atoms with Gasteiger partial charge >= 0.3 is 0 Å². The molecule has 2 fully saturated rings. The summed E-state index contributed by atoms with van der Waals surface area (Å²) in [6.45, 7) is 3.92. The second-order valence-corrected chi connectivity index (χ2v) is 7.07. The number of hydrogen-bond acceptors (Lipinski definition) is 4. The largest absolute Gasteiger partial charge is 0.376 e. The van der Waals surface area contributed by atoms with Gasteiger partial charge < -0.3 is 10.1 Å². The van der Waals surface area contributed by atoms with Crippen molar-refractivity contribution in [2.75, 3.05) is 26.2 Å². The van der Waals surface area contributed by atoms with Crippen LogP contribution in [0.3, 0.4) is 0 Å². The van der Waals surface area contributed by atoms with E-state index >= 15 is 0 Å². The van der Waals surface area contributed by atoms with Crippen molar-refractivity contribution in [1.82, 2.24) is 15.2 Å². The first-order valence-electron chi connectivity index (χ1n) is 8.95. The second kappa shape index (κ2) is 7.51. The Morgan fingerprint density at radius 1 is 1.27 bits per heavy atom. The highest BCUT2D eigenvalue weighted by Gasteiger charge is 2.43. The summed E-state index contributed by atoms with van der Waals surface area (Å²) in [5.74, 6) is 0.436. The molecule has 0 spiro atoms. The number of carbonyl (C=O) groups excluding carboxylic acids is 1. The fraction of sp³-hybridized carbons (Fsp3) is 0.400. The van der Waals surface area contributed by atoms with Crippen molar-refractivity contribution in [3.63, 3.8) is 0 Å². The first-order chi connectivity index (χ1) is 12.7. The number of amides is 1. The molecule has 3 atom stereocenters. The van der Waals surface area contributed by atoms with Crippen molar-refractivity contribution in [2.45, 2.75) is 12.6 Å². The first kappa shape index (κ1) is 17.1. The van der Waals surface area contributed by atoms with Crippen LogP contribution in [0.5, 0.6) is 0 Å². The molecule has 2 aromatic rings. The topological polar surface area (TPSA) is 54.5 Å². The molecule has 0 saturated carbocycles. The number of likely N-dealkylation sites (tertiary alicyclic amines) is 1. The van der Waals surface area contributed by atoms with E-state index in [1.54, 1.807) is 24.5 Å². The molecule has 5 nitrogen and oxygen atoms in total. The molecule has 1 amide bonds. The van der Waals surface area contributed by atoms with E-state index in [2.05, 4.69) is 15.2 Å². The van der Waals surface area contributed by atoms with Crippen LogP contribution in [0.1, 0.15) is 15.9 Å². The number of hydrogen-bond donors (Lipinski definition) is 1. The smallest absolute Gasteiger partial charge is 0.252 e. The maximum atomic E-state index is 13.0. The monoisotopic (exact) mass is 355 g/mol. The van der Waals surface area contributed by atoms with Crippen LogP contribution in [0.4, 0.5) is 4.39 Å². The lowest BCUT2D eigenvalue weighted by atomic mass is 9.93. The second-order valence-electron chi connectivity index (χ2n) is 7.07. The molecule has 2 saturated heterocycles. The molecular weight excluding hydrogens is 333 g/mol. The third-order valence-corrected chi connectivity index (χ3v) is 5.28. The number of benzene rings is 1. The van der Waals surface area contributed by atoms with Crippen LogP contribution >= 0.6 is 0 Å². The number of aromatic nitrogens is 1. The SMILES string of the molecule is O=C(NC[C@H]1CO[C@@H]2CN(Cc3ccc(F)cc3)C[C@H]12)c1cccnc1. The van der Waals surface area contributed by atoms with Crippen molar-refractivity contribution >= 4 is 5.91 Å². The van der Waals surface area contributed by atoms with Crippen LogP contribution in [-0.4, -0.2) is 48.1 Å². The van der Waals surface area contributed by atoms with Crippen molar-refractivity contribution in [3.8, 4) is 0 Å². The number of halogens is 1.